The molecule has 2 rings (SSSR count). The number of aryl methyl sites for hydroxylation is 1. The molecule has 1 atom stereocenters. The van der Waals surface area contributed by atoms with Crippen molar-refractivity contribution >= 4 is 27.5 Å². The van der Waals surface area contributed by atoms with Gasteiger partial charge < -0.3 is 0 Å². The molecule has 0 fully saturated rings. The predicted molar refractivity (Wildman–Crippen MR) is 77.5 cm³/mol. The van der Waals surface area contributed by atoms with E-state index in [1.165, 1.54) is 12.1 Å². The summed E-state index contributed by atoms with van der Waals surface area (Å²) in [6, 6.07) is 9.41. The third-order valence-electron chi connectivity index (χ3n) is 2.84. The molecule has 2 aromatic rings. The van der Waals surface area contributed by atoms with Crippen LogP contribution < -0.4 is 0 Å². The molecular weight excluding hydrogens is 334 g/mol. The van der Waals surface area contributed by atoms with Crippen LogP contribution in [0.3, 0.4) is 0 Å². The van der Waals surface area contributed by atoms with Gasteiger partial charge in [-0.05, 0) is 48.2 Å². The molecule has 0 bridgehead atoms. The first-order valence-electron chi connectivity index (χ1n) is 5.81. The Morgan fingerprint density at radius 3 is 2.53 bits per heavy atom. The number of benzene rings is 2. The molecular formula is C15H12BrClF2. The van der Waals surface area contributed by atoms with Crippen LogP contribution >= 0.6 is 27.5 Å². The Morgan fingerprint density at radius 2 is 1.89 bits per heavy atom. The van der Waals surface area contributed by atoms with Gasteiger partial charge in [-0.1, -0.05) is 28.1 Å². The minimum absolute atomic E-state index is 0.323. The maximum Gasteiger partial charge on any atom is 0.129 e. The van der Waals surface area contributed by atoms with Crippen molar-refractivity contribution in [1.82, 2.24) is 0 Å². The van der Waals surface area contributed by atoms with E-state index in [1.54, 1.807) is 0 Å². The molecule has 0 spiro atoms. The summed E-state index contributed by atoms with van der Waals surface area (Å²) in [5.41, 5.74) is 2.41. The molecule has 0 radical (unpaired) electrons. The van der Waals surface area contributed by atoms with Crippen LogP contribution in [0, 0.1) is 18.6 Å². The summed E-state index contributed by atoms with van der Waals surface area (Å²) in [6.07, 6.45) is 0.323. The topological polar surface area (TPSA) is 0 Å². The number of hydrogen-bond acceptors (Lipinski definition) is 0. The van der Waals surface area contributed by atoms with E-state index in [-0.39, 0.29) is 5.38 Å². The van der Waals surface area contributed by atoms with Crippen molar-refractivity contribution in [3.63, 3.8) is 0 Å². The van der Waals surface area contributed by atoms with Gasteiger partial charge in [0.1, 0.15) is 11.6 Å². The second kappa shape index (κ2) is 6.02. The van der Waals surface area contributed by atoms with Crippen LogP contribution in [0.25, 0.3) is 0 Å². The van der Waals surface area contributed by atoms with E-state index in [4.69, 9.17) is 11.6 Å². The van der Waals surface area contributed by atoms with Crippen LogP contribution in [0.5, 0.6) is 0 Å². The molecule has 0 aliphatic rings. The van der Waals surface area contributed by atoms with Crippen LogP contribution in [0.4, 0.5) is 8.78 Å². The lowest BCUT2D eigenvalue weighted by Crippen LogP contribution is -1.99. The fourth-order valence-corrected chi connectivity index (χ4v) is 2.86. The SMILES string of the molecule is Cc1cc(Br)cc(C(Cl)Cc2ccc(F)cc2F)c1. The summed E-state index contributed by atoms with van der Waals surface area (Å²) >= 11 is 9.72. The van der Waals surface area contributed by atoms with Gasteiger partial charge in [0.05, 0.1) is 5.38 Å². The Morgan fingerprint density at radius 1 is 1.16 bits per heavy atom. The molecule has 2 aromatic carbocycles. The summed E-state index contributed by atoms with van der Waals surface area (Å²) in [5, 5.41) is -0.351. The lowest BCUT2D eigenvalue weighted by molar-refractivity contribution is 0.570. The highest BCUT2D eigenvalue weighted by atomic mass is 79.9. The van der Waals surface area contributed by atoms with Crippen molar-refractivity contribution in [2.24, 2.45) is 0 Å². The van der Waals surface area contributed by atoms with E-state index in [2.05, 4.69) is 15.9 Å². The van der Waals surface area contributed by atoms with Gasteiger partial charge in [0, 0.05) is 10.5 Å². The molecule has 0 heterocycles. The average molecular weight is 346 g/mol. The fourth-order valence-electron chi connectivity index (χ4n) is 1.94. The standard InChI is InChI=1S/C15H12BrClF2/c1-9-4-11(6-12(16)5-9)14(17)7-10-2-3-13(18)8-15(10)19/h2-6,8,14H,7H2,1H3. The van der Waals surface area contributed by atoms with E-state index in [0.717, 1.165) is 21.7 Å². The van der Waals surface area contributed by atoms with Gasteiger partial charge in [-0.15, -0.1) is 11.6 Å². The first kappa shape index (κ1) is 14.5. The molecule has 0 saturated carbocycles. The molecule has 0 N–H and O–H groups in total. The second-order valence-electron chi connectivity index (χ2n) is 4.47. The lowest BCUT2D eigenvalue weighted by atomic mass is 10.0. The number of hydrogen-bond donors (Lipinski definition) is 0. The van der Waals surface area contributed by atoms with Crippen LogP contribution in [0.2, 0.25) is 0 Å². The minimum Gasteiger partial charge on any atom is -0.207 e. The summed E-state index contributed by atoms with van der Waals surface area (Å²) in [4.78, 5) is 0. The van der Waals surface area contributed by atoms with Crippen molar-refractivity contribution in [2.45, 2.75) is 18.7 Å². The summed E-state index contributed by atoms with van der Waals surface area (Å²) in [5.74, 6) is -1.14. The Hall–Kier alpha value is -0.930. The molecule has 0 aromatic heterocycles. The third-order valence-corrected chi connectivity index (χ3v) is 3.70. The van der Waals surface area contributed by atoms with Gasteiger partial charge >= 0.3 is 0 Å². The van der Waals surface area contributed by atoms with E-state index < -0.39 is 11.6 Å². The van der Waals surface area contributed by atoms with Crippen LogP contribution in [-0.2, 0) is 6.42 Å². The number of halogens is 4. The normalized spacial score (nSPS) is 12.5. The largest absolute Gasteiger partial charge is 0.207 e. The van der Waals surface area contributed by atoms with Crippen LogP contribution in [-0.4, -0.2) is 0 Å². The molecule has 4 heteroatoms. The van der Waals surface area contributed by atoms with Crippen LogP contribution in [0.15, 0.2) is 40.9 Å². The Balaban J connectivity index is 2.22. The quantitative estimate of drug-likeness (QED) is 0.639. The Bertz CT molecular complexity index is 578. The smallest absolute Gasteiger partial charge is 0.129 e. The van der Waals surface area contributed by atoms with Crippen LogP contribution in [0.1, 0.15) is 22.1 Å². The zero-order chi connectivity index (χ0) is 14.0. The maximum absolute atomic E-state index is 13.6. The molecule has 0 amide bonds. The van der Waals surface area contributed by atoms with Crippen molar-refractivity contribution < 1.29 is 8.78 Å². The average Bonchev–Trinajstić information content (AvgIpc) is 2.31. The highest BCUT2D eigenvalue weighted by Crippen LogP contribution is 2.29. The Kier molecular flexibility index (Phi) is 4.58. The molecule has 0 saturated heterocycles. The third kappa shape index (κ3) is 3.77. The van der Waals surface area contributed by atoms with Gasteiger partial charge in [-0.3, -0.25) is 0 Å². The van der Waals surface area contributed by atoms with E-state index >= 15 is 0 Å². The molecule has 0 nitrogen and oxygen atoms in total. The molecule has 0 aliphatic heterocycles. The number of rotatable bonds is 3. The Labute approximate surface area is 124 Å². The van der Waals surface area contributed by atoms with E-state index in [1.807, 2.05) is 25.1 Å². The first-order chi connectivity index (χ1) is 8.95. The molecule has 100 valence electrons. The highest BCUT2D eigenvalue weighted by molar-refractivity contribution is 9.10. The summed E-state index contributed by atoms with van der Waals surface area (Å²) < 4.78 is 27.3. The van der Waals surface area contributed by atoms with Gasteiger partial charge in [0.25, 0.3) is 0 Å². The predicted octanol–water partition coefficient (Wildman–Crippen LogP) is 5.56. The van der Waals surface area contributed by atoms with E-state index in [9.17, 15) is 8.78 Å². The van der Waals surface area contributed by atoms with Crippen molar-refractivity contribution in [3.05, 3.63) is 69.2 Å². The summed E-state index contributed by atoms with van der Waals surface area (Å²) in [6.45, 7) is 1.97. The summed E-state index contributed by atoms with van der Waals surface area (Å²) in [7, 11) is 0. The monoisotopic (exact) mass is 344 g/mol. The molecule has 1 unspecified atom stereocenters. The molecule has 19 heavy (non-hydrogen) atoms. The number of alkyl halides is 1. The van der Waals surface area contributed by atoms with E-state index in [0.29, 0.717) is 12.0 Å². The fraction of sp³-hybridized carbons (Fsp3) is 0.200. The zero-order valence-corrected chi connectivity index (χ0v) is 12.6. The minimum atomic E-state index is -0.578. The van der Waals surface area contributed by atoms with Crippen molar-refractivity contribution in [3.8, 4) is 0 Å². The van der Waals surface area contributed by atoms with Gasteiger partial charge in [-0.2, -0.15) is 0 Å². The van der Waals surface area contributed by atoms with Crippen molar-refractivity contribution in [2.75, 3.05) is 0 Å². The first-order valence-corrected chi connectivity index (χ1v) is 7.04. The highest BCUT2D eigenvalue weighted by Gasteiger charge is 2.13. The zero-order valence-electron chi connectivity index (χ0n) is 10.3. The molecule has 0 aliphatic carbocycles. The maximum atomic E-state index is 13.6. The second-order valence-corrected chi connectivity index (χ2v) is 5.91. The van der Waals surface area contributed by atoms with Gasteiger partial charge in [0.15, 0.2) is 0 Å². The van der Waals surface area contributed by atoms with Crippen molar-refractivity contribution in [1.29, 1.82) is 0 Å². The van der Waals surface area contributed by atoms with Gasteiger partial charge in [-0.25, -0.2) is 8.78 Å². The van der Waals surface area contributed by atoms with Gasteiger partial charge in [0.2, 0.25) is 0 Å². The lowest BCUT2D eigenvalue weighted by Gasteiger charge is -2.12.